The standard InChI is InChI=1S/C12H26N2O2/c1-5-11-8-14(6-7-16-11)12(3,9-13)10(2)15-4/h10-11H,5-9,13H2,1-4H3. The number of nitrogens with two attached hydrogens (primary N) is 1. The highest BCUT2D eigenvalue weighted by atomic mass is 16.5. The number of methoxy groups -OCH3 is 1. The third-order valence-electron chi connectivity index (χ3n) is 3.96. The summed E-state index contributed by atoms with van der Waals surface area (Å²) < 4.78 is 11.2. The van der Waals surface area contributed by atoms with Crippen LogP contribution in [0, 0.1) is 0 Å². The Morgan fingerprint density at radius 2 is 2.31 bits per heavy atom. The topological polar surface area (TPSA) is 47.7 Å². The molecule has 1 fully saturated rings. The summed E-state index contributed by atoms with van der Waals surface area (Å²) in [7, 11) is 1.75. The molecule has 3 atom stereocenters. The van der Waals surface area contributed by atoms with E-state index in [0.717, 1.165) is 26.1 Å². The Bertz CT molecular complexity index is 213. The van der Waals surface area contributed by atoms with Gasteiger partial charge in [0.25, 0.3) is 0 Å². The SMILES string of the molecule is CCC1CN(C(C)(CN)C(C)OC)CCO1. The van der Waals surface area contributed by atoms with Gasteiger partial charge in [-0.05, 0) is 20.3 Å². The molecule has 0 spiro atoms. The molecule has 0 amide bonds. The van der Waals surface area contributed by atoms with Crippen LogP contribution < -0.4 is 5.73 Å². The molecule has 0 bridgehead atoms. The van der Waals surface area contributed by atoms with Crippen LogP contribution in [0.15, 0.2) is 0 Å². The van der Waals surface area contributed by atoms with Gasteiger partial charge < -0.3 is 15.2 Å². The normalized spacial score (nSPS) is 28.7. The van der Waals surface area contributed by atoms with Gasteiger partial charge >= 0.3 is 0 Å². The van der Waals surface area contributed by atoms with Crippen molar-refractivity contribution in [3.8, 4) is 0 Å². The van der Waals surface area contributed by atoms with E-state index in [2.05, 4.69) is 25.7 Å². The highest BCUT2D eigenvalue weighted by Crippen LogP contribution is 2.24. The van der Waals surface area contributed by atoms with E-state index < -0.39 is 0 Å². The quantitative estimate of drug-likeness (QED) is 0.760. The van der Waals surface area contributed by atoms with E-state index in [4.69, 9.17) is 15.2 Å². The summed E-state index contributed by atoms with van der Waals surface area (Å²) in [6.07, 6.45) is 1.52. The fraction of sp³-hybridized carbons (Fsp3) is 1.00. The first-order chi connectivity index (χ1) is 7.58. The molecule has 1 aliphatic rings. The zero-order chi connectivity index (χ0) is 12.2. The summed E-state index contributed by atoms with van der Waals surface area (Å²) in [6, 6.07) is 0. The summed E-state index contributed by atoms with van der Waals surface area (Å²) in [5, 5.41) is 0. The molecule has 1 rings (SSSR count). The first-order valence-electron chi connectivity index (χ1n) is 6.18. The van der Waals surface area contributed by atoms with Crippen molar-refractivity contribution >= 4 is 0 Å². The molecule has 2 N–H and O–H groups in total. The van der Waals surface area contributed by atoms with Crippen LogP contribution in [0.5, 0.6) is 0 Å². The number of hydrogen-bond donors (Lipinski definition) is 1. The Balaban J connectivity index is 2.71. The van der Waals surface area contributed by atoms with E-state index in [1.807, 2.05) is 0 Å². The summed E-state index contributed by atoms with van der Waals surface area (Å²) in [6.45, 7) is 9.73. The van der Waals surface area contributed by atoms with Crippen LogP contribution in [0.1, 0.15) is 27.2 Å². The Hall–Kier alpha value is -0.160. The molecular weight excluding hydrogens is 204 g/mol. The number of hydrogen-bond acceptors (Lipinski definition) is 4. The lowest BCUT2D eigenvalue weighted by molar-refractivity contribution is -0.102. The summed E-state index contributed by atoms with van der Waals surface area (Å²) >= 11 is 0. The Kier molecular flexibility index (Phi) is 5.18. The van der Waals surface area contributed by atoms with Gasteiger partial charge in [0.2, 0.25) is 0 Å². The number of nitrogens with zero attached hydrogens (tertiary/aromatic N) is 1. The van der Waals surface area contributed by atoms with Gasteiger partial charge in [-0.25, -0.2) is 0 Å². The molecular formula is C12H26N2O2. The van der Waals surface area contributed by atoms with Gasteiger partial charge in [0, 0.05) is 26.7 Å². The first-order valence-corrected chi connectivity index (χ1v) is 6.18. The van der Waals surface area contributed by atoms with Crippen molar-refractivity contribution in [3.63, 3.8) is 0 Å². The first kappa shape index (κ1) is 13.9. The van der Waals surface area contributed by atoms with Crippen molar-refractivity contribution in [1.29, 1.82) is 0 Å². The van der Waals surface area contributed by atoms with Crippen LogP contribution in [-0.4, -0.2) is 56.0 Å². The van der Waals surface area contributed by atoms with Gasteiger partial charge in [-0.1, -0.05) is 6.92 Å². The van der Waals surface area contributed by atoms with Crippen molar-refractivity contribution in [3.05, 3.63) is 0 Å². The maximum atomic E-state index is 5.94. The minimum Gasteiger partial charge on any atom is -0.380 e. The average molecular weight is 230 g/mol. The van der Waals surface area contributed by atoms with Crippen molar-refractivity contribution < 1.29 is 9.47 Å². The summed E-state index contributed by atoms with van der Waals surface area (Å²) in [5.74, 6) is 0. The molecule has 1 heterocycles. The minimum absolute atomic E-state index is 0.0913. The van der Waals surface area contributed by atoms with Crippen molar-refractivity contribution in [1.82, 2.24) is 4.90 Å². The van der Waals surface area contributed by atoms with Gasteiger partial charge in [-0.3, -0.25) is 4.90 Å². The second-order valence-electron chi connectivity index (χ2n) is 4.79. The fourth-order valence-electron chi connectivity index (χ4n) is 2.24. The Morgan fingerprint density at radius 1 is 1.62 bits per heavy atom. The van der Waals surface area contributed by atoms with Gasteiger partial charge in [0.05, 0.1) is 24.4 Å². The molecule has 1 saturated heterocycles. The predicted octanol–water partition coefficient (Wildman–Crippen LogP) is 0.850. The van der Waals surface area contributed by atoms with Crippen molar-refractivity contribution in [2.45, 2.75) is 44.9 Å². The zero-order valence-electron chi connectivity index (χ0n) is 11.0. The van der Waals surface area contributed by atoms with Gasteiger partial charge in [-0.2, -0.15) is 0 Å². The van der Waals surface area contributed by atoms with E-state index in [-0.39, 0.29) is 11.6 Å². The van der Waals surface area contributed by atoms with Crippen LogP contribution in [0.25, 0.3) is 0 Å². The van der Waals surface area contributed by atoms with E-state index in [1.165, 1.54) is 0 Å². The highest BCUT2D eigenvalue weighted by Gasteiger charge is 2.38. The van der Waals surface area contributed by atoms with E-state index in [9.17, 15) is 0 Å². The van der Waals surface area contributed by atoms with Crippen molar-refractivity contribution in [2.75, 3.05) is 33.4 Å². The minimum atomic E-state index is -0.0913. The van der Waals surface area contributed by atoms with Gasteiger partial charge in [0.1, 0.15) is 0 Å². The van der Waals surface area contributed by atoms with Crippen LogP contribution in [0.4, 0.5) is 0 Å². The monoisotopic (exact) mass is 230 g/mol. The largest absolute Gasteiger partial charge is 0.380 e. The molecule has 0 saturated carbocycles. The molecule has 1 aliphatic heterocycles. The number of rotatable bonds is 5. The third kappa shape index (κ3) is 2.74. The molecule has 16 heavy (non-hydrogen) atoms. The van der Waals surface area contributed by atoms with Crippen molar-refractivity contribution in [2.24, 2.45) is 5.73 Å². The Labute approximate surface area is 99.1 Å². The molecule has 4 nitrogen and oxygen atoms in total. The highest BCUT2D eigenvalue weighted by molar-refractivity contribution is 4.94. The predicted molar refractivity (Wildman–Crippen MR) is 65.5 cm³/mol. The molecule has 4 heteroatoms. The van der Waals surface area contributed by atoms with Crippen LogP contribution >= 0.6 is 0 Å². The molecule has 3 unspecified atom stereocenters. The van der Waals surface area contributed by atoms with Crippen LogP contribution in [-0.2, 0) is 9.47 Å². The fourth-order valence-corrected chi connectivity index (χ4v) is 2.24. The number of morpholine rings is 1. The molecule has 0 radical (unpaired) electrons. The zero-order valence-corrected chi connectivity index (χ0v) is 11.0. The lowest BCUT2D eigenvalue weighted by Crippen LogP contribution is -2.62. The van der Waals surface area contributed by atoms with Gasteiger partial charge in [-0.15, -0.1) is 0 Å². The smallest absolute Gasteiger partial charge is 0.0736 e. The molecule has 96 valence electrons. The molecule has 0 aromatic heterocycles. The van der Waals surface area contributed by atoms with E-state index >= 15 is 0 Å². The average Bonchev–Trinajstić information content (AvgIpc) is 2.36. The van der Waals surface area contributed by atoms with Gasteiger partial charge in [0.15, 0.2) is 0 Å². The maximum absolute atomic E-state index is 5.94. The molecule has 0 aliphatic carbocycles. The van der Waals surface area contributed by atoms with E-state index in [0.29, 0.717) is 12.6 Å². The summed E-state index contributed by atoms with van der Waals surface area (Å²) in [4.78, 5) is 2.42. The molecule has 0 aromatic carbocycles. The second kappa shape index (κ2) is 5.96. The van der Waals surface area contributed by atoms with E-state index in [1.54, 1.807) is 7.11 Å². The second-order valence-corrected chi connectivity index (χ2v) is 4.79. The Morgan fingerprint density at radius 3 is 2.81 bits per heavy atom. The third-order valence-corrected chi connectivity index (χ3v) is 3.96. The lowest BCUT2D eigenvalue weighted by Gasteiger charge is -2.47. The van der Waals surface area contributed by atoms with Crippen LogP contribution in [0.2, 0.25) is 0 Å². The molecule has 0 aromatic rings. The van der Waals surface area contributed by atoms with Crippen LogP contribution in [0.3, 0.4) is 0 Å². The maximum Gasteiger partial charge on any atom is 0.0736 e. The summed E-state index contributed by atoms with van der Waals surface area (Å²) in [5.41, 5.74) is 5.85. The lowest BCUT2D eigenvalue weighted by atomic mass is 9.92. The number of ether oxygens (including phenoxy) is 2.